The fraction of sp³-hybridized carbons (Fsp3) is 0.471. The van der Waals surface area contributed by atoms with Crippen molar-refractivity contribution in [2.75, 3.05) is 0 Å². The molecule has 2 aliphatic carbocycles. The average Bonchev–Trinajstić information content (AvgIpc) is 3.12. The van der Waals surface area contributed by atoms with Crippen LogP contribution in [0.3, 0.4) is 0 Å². The van der Waals surface area contributed by atoms with Gasteiger partial charge in [-0.1, -0.05) is 18.2 Å². The first-order valence-electron chi connectivity index (χ1n) is 7.46. The molecule has 0 aliphatic heterocycles. The van der Waals surface area contributed by atoms with Crippen molar-refractivity contribution in [2.24, 2.45) is 0 Å². The number of aryl methyl sites for hydroxylation is 2. The molecule has 2 nitrogen and oxygen atoms in total. The number of nitrogens with one attached hydrogen (secondary N) is 1. The molecule has 2 aliphatic rings. The van der Waals surface area contributed by atoms with E-state index in [9.17, 15) is 0 Å². The molecule has 1 heterocycles. The molecule has 1 N–H and O–H groups in total. The zero-order valence-electron chi connectivity index (χ0n) is 11.5. The van der Waals surface area contributed by atoms with Crippen molar-refractivity contribution < 1.29 is 0 Å². The molecule has 1 fully saturated rings. The van der Waals surface area contributed by atoms with E-state index in [0.29, 0.717) is 0 Å². The molecule has 0 saturated heterocycles. The van der Waals surface area contributed by atoms with Crippen LogP contribution in [0.25, 0.3) is 10.9 Å². The molecule has 1 saturated carbocycles. The minimum atomic E-state index is 0.769. The number of benzene rings is 1. The van der Waals surface area contributed by atoms with Gasteiger partial charge in [-0.3, -0.25) is 4.98 Å². The minimum Gasteiger partial charge on any atom is -0.310 e. The van der Waals surface area contributed by atoms with Gasteiger partial charge in [0.2, 0.25) is 0 Å². The third-order valence-electron chi connectivity index (χ3n) is 4.51. The second-order valence-corrected chi connectivity index (χ2v) is 6.00. The van der Waals surface area contributed by atoms with E-state index in [4.69, 9.17) is 4.98 Å². The Balaban J connectivity index is 1.88. The van der Waals surface area contributed by atoms with Crippen molar-refractivity contribution in [2.45, 2.75) is 51.6 Å². The molecule has 98 valence electrons. The number of rotatable bonds is 3. The third-order valence-corrected chi connectivity index (χ3v) is 4.51. The van der Waals surface area contributed by atoms with Crippen LogP contribution in [0.2, 0.25) is 0 Å². The summed E-state index contributed by atoms with van der Waals surface area (Å²) >= 11 is 0. The highest BCUT2D eigenvalue weighted by molar-refractivity contribution is 5.86. The van der Waals surface area contributed by atoms with Crippen molar-refractivity contribution in [3.63, 3.8) is 0 Å². The first-order chi connectivity index (χ1) is 9.33. The van der Waals surface area contributed by atoms with Crippen LogP contribution < -0.4 is 5.32 Å². The van der Waals surface area contributed by atoms with E-state index in [1.807, 2.05) is 0 Å². The van der Waals surface area contributed by atoms with Crippen LogP contribution in [0.15, 0.2) is 18.2 Å². The van der Waals surface area contributed by atoms with E-state index in [0.717, 1.165) is 19.0 Å². The maximum Gasteiger partial charge on any atom is 0.0737 e. The summed E-state index contributed by atoms with van der Waals surface area (Å²) in [5, 5.41) is 5.06. The lowest BCUT2D eigenvalue weighted by Gasteiger charge is -2.14. The van der Waals surface area contributed by atoms with E-state index in [2.05, 4.69) is 30.4 Å². The van der Waals surface area contributed by atoms with Crippen molar-refractivity contribution >= 4 is 10.9 Å². The van der Waals surface area contributed by atoms with Crippen LogP contribution in [0.5, 0.6) is 0 Å². The maximum atomic E-state index is 4.93. The summed E-state index contributed by atoms with van der Waals surface area (Å²) in [7, 11) is 0. The van der Waals surface area contributed by atoms with Crippen LogP contribution in [-0.2, 0) is 19.4 Å². The van der Waals surface area contributed by atoms with E-state index >= 15 is 0 Å². The number of hydrogen-bond donors (Lipinski definition) is 1. The predicted octanol–water partition coefficient (Wildman–Crippen LogP) is 3.28. The van der Waals surface area contributed by atoms with Crippen molar-refractivity contribution in [3.8, 4) is 0 Å². The SMILES string of the molecule is Cc1cccc2c(CNC3CC3)c3c(nc12)CCC3. The number of hydrogen-bond acceptors (Lipinski definition) is 2. The topological polar surface area (TPSA) is 24.9 Å². The lowest BCUT2D eigenvalue weighted by molar-refractivity contribution is 0.686. The Morgan fingerprint density at radius 3 is 3.00 bits per heavy atom. The highest BCUT2D eigenvalue weighted by atomic mass is 14.9. The van der Waals surface area contributed by atoms with Gasteiger partial charge in [0.25, 0.3) is 0 Å². The lowest BCUT2D eigenvalue weighted by atomic mass is 9.99. The number of pyridine rings is 1. The first-order valence-corrected chi connectivity index (χ1v) is 7.46. The summed E-state index contributed by atoms with van der Waals surface area (Å²) in [6.45, 7) is 3.20. The highest BCUT2D eigenvalue weighted by Gasteiger charge is 2.23. The summed E-state index contributed by atoms with van der Waals surface area (Å²) < 4.78 is 0. The Labute approximate surface area is 114 Å². The fourth-order valence-corrected chi connectivity index (χ4v) is 3.26. The molecule has 1 aromatic carbocycles. The van der Waals surface area contributed by atoms with Crippen LogP contribution in [0, 0.1) is 6.92 Å². The Morgan fingerprint density at radius 1 is 1.26 bits per heavy atom. The molecule has 19 heavy (non-hydrogen) atoms. The minimum absolute atomic E-state index is 0.769. The lowest BCUT2D eigenvalue weighted by Crippen LogP contribution is -2.17. The molecular weight excluding hydrogens is 232 g/mol. The summed E-state index contributed by atoms with van der Waals surface area (Å²) in [5.74, 6) is 0. The molecule has 1 aromatic heterocycles. The molecule has 0 amide bonds. The van der Waals surface area contributed by atoms with Crippen LogP contribution in [0.4, 0.5) is 0 Å². The van der Waals surface area contributed by atoms with Gasteiger partial charge in [-0.2, -0.15) is 0 Å². The molecule has 0 radical (unpaired) electrons. The van der Waals surface area contributed by atoms with E-state index in [1.54, 1.807) is 0 Å². The zero-order chi connectivity index (χ0) is 12.8. The standard InChI is InChI=1S/C17H20N2/c1-11-4-2-6-14-15(10-18-12-8-9-12)13-5-3-7-16(13)19-17(11)14/h2,4,6,12,18H,3,5,7-10H2,1H3. The van der Waals surface area contributed by atoms with Gasteiger partial charge in [0.05, 0.1) is 5.52 Å². The normalized spacial score (nSPS) is 17.9. The Hall–Kier alpha value is -1.41. The van der Waals surface area contributed by atoms with Crippen molar-refractivity contribution in [1.29, 1.82) is 0 Å². The second kappa shape index (κ2) is 4.31. The van der Waals surface area contributed by atoms with Gasteiger partial charge in [0.1, 0.15) is 0 Å². The smallest absolute Gasteiger partial charge is 0.0737 e. The number of aromatic nitrogens is 1. The quantitative estimate of drug-likeness (QED) is 0.906. The van der Waals surface area contributed by atoms with Gasteiger partial charge < -0.3 is 5.32 Å². The first kappa shape index (κ1) is 11.4. The molecule has 0 unspecified atom stereocenters. The number of nitrogens with zero attached hydrogens (tertiary/aromatic N) is 1. The molecule has 2 heteroatoms. The summed E-state index contributed by atoms with van der Waals surface area (Å²) in [6.07, 6.45) is 6.35. The van der Waals surface area contributed by atoms with E-state index < -0.39 is 0 Å². The van der Waals surface area contributed by atoms with Gasteiger partial charge in [0, 0.05) is 23.7 Å². The van der Waals surface area contributed by atoms with Gasteiger partial charge >= 0.3 is 0 Å². The van der Waals surface area contributed by atoms with Gasteiger partial charge in [-0.05, 0) is 55.7 Å². The molecule has 4 rings (SSSR count). The zero-order valence-corrected chi connectivity index (χ0v) is 11.5. The monoisotopic (exact) mass is 252 g/mol. The summed E-state index contributed by atoms with van der Waals surface area (Å²) in [6, 6.07) is 7.36. The Kier molecular flexibility index (Phi) is 2.59. The Bertz CT molecular complexity index is 641. The number of para-hydroxylation sites is 1. The molecule has 2 aromatic rings. The van der Waals surface area contributed by atoms with E-state index in [1.165, 1.54) is 59.0 Å². The predicted molar refractivity (Wildman–Crippen MR) is 78.4 cm³/mol. The maximum absolute atomic E-state index is 4.93. The summed E-state index contributed by atoms with van der Waals surface area (Å²) in [4.78, 5) is 4.93. The highest BCUT2D eigenvalue weighted by Crippen LogP contribution is 2.31. The van der Waals surface area contributed by atoms with Crippen molar-refractivity contribution in [3.05, 3.63) is 40.6 Å². The average molecular weight is 252 g/mol. The third kappa shape index (κ3) is 1.95. The van der Waals surface area contributed by atoms with Gasteiger partial charge in [-0.25, -0.2) is 0 Å². The van der Waals surface area contributed by atoms with E-state index in [-0.39, 0.29) is 0 Å². The van der Waals surface area contributed by atoms with Gasteiger partial charge in [-0.15, -0.1) is 0 Å². The Morgan fingerprint density at radius 2 is 2.16 bits per heavy atom. The van der Waals surface area contributed by atoms with Crippen LogP contribution in [0.1, 0.15) is 41.6 Å². The fourth-order valence-electron chi connectivity index (χ4n) is 3.26. The molecule has 0 atom stereocenters. The summed E-state index contributed by atoms with van der Waals surface area (Å²) in [5.41, 5.74) is 6.93. The molecule has 0 bridgehead atoms. The van der Waals surface area contributed by atoms with Gasteiger partial charge in [0.15, 0.2) is 0 Å². The van der Waals surface area contributed by atoms with Crippen molar-refractivity contribution in [1.82, 2.24) is 10.3 Å². The second-order valence-electron chi connectivity index (χ2n) is 6.00. The molecular formula is C17H20N2. The molecule has 0 spiro atoms. The van der Waals surface area contributed by atoms with Crippen LogP contribution >= 0.6 is 0 Å². The van der Waals surface area contributed by atoms with Crippen LogP contribution in [-0.4, -0.2) is 11.0 Å². The number of fused-ring (bicyclic) bond motifs is 2. The largest absolute Gasteiger partial charge is 0.310 e.